The maximum Gasteiger partial charge on any atom is 0.224 e. The summed E-state index contributed by atoms with van der Waals surface area (Å²) < 4.78 is 0. The van der Waals surface area contributed by atoms with Gasteiger partial charge in [-0.05, 0) is 24.6 Å². The molecule has 2 aromatic rings. The first kappa shape index (κ1) is 16.7. The third kappa shape index (κ3) is 4.66. The van der Waals surface area contributed by atoms with Crippen LogP contribution in [-0.2, 0) is 9.59 Å². The van der Waals surface area contributed by atoms with Crippen LogP contribution in [0.15, 0.2) is 48.5 Å². The van der Waals surface area contributed by atoms with Gasteiger partial charge in [0.05, 0.1) is 5.69 Å². The van der Waals surface area contributed by atoms with Crippen molar-refractivity contribution in [3.05, 3.63) is 64.7 Å². The van der Waals surface area contributed by atoms with Crippen molar-refractivity contribution >= 4 is 34.9 Å². The lowest BCUT2D eigenvalue weighted by molar-refractivity contribution is -0.305. The highest BCUT2D eigenvalue weighted by Gasteiger charge is 2.15. The van der Waals surface area contributed by atoms with Crippen molar-refractivity contribution < 1.29 is 19.5 Å². The van der Waals surface area contributed by atoms with Gasteiger partial charge in [0.2, 0.25) is 5.91 Å². The summed E-state index contributed by atoms with van der Waals surface area (Å²) in [4.78, 5) is 34.7. The minimum atomic E-state index is -1.31. The van der Waals surface area contributed by atoms with Crippen LogP contribution in [0.1, 0.15) is 28.8 Å². The van der Waals surface area contributed by atoms with Crippen LogP contribution in [0.2, 0.25) is 5.02 Å². The predicted molar refractivity (Wildman–Crippen MR) is 84.2 cm³/mol. The molecule has 2 rings (SSSR count). The molecule has 0 unspecified atom stereocenters. The Morgan fingerprint density at radius 1 is 1.00 bits per heavy atom. The van der Waals surface area contributed by atoms with E-state index in [2.05, 4.69) is 5.32 Å². The highest BCUT2D eigenvalue weighted by atomic mass is 35.5. The van der Waals surface area contributed by atoms with Crippen LogP contribution in [0, 0.1) is 0 Å². The molecule has 0 aromatic heterocycles. The number of rotatable bonds is 6. The zero-order valence-corrected chi connectivity index (χ0v) is 12.8. The van der Waals surface area contributed by atoms with E-state index in [1.165, 1.54) is 18.2 Å². The van der Waals surface area contributed by atoms with E-state index in [0.29, 0.717) is 10.6 Å². The van der Waals surface area contributed by atoms with Gasteiger partial charge in [-0.1, -0.05) is 41.9 Å². The first-order chi connectivity index (χ1) is 11.0. The number of hydrogen-bond acceptors (Lipinski definition) is 4. The fraction of sp³-hybridized carbons (Fsp3) is 0.118. The number of carboxylic acid groups (broad SMARTS) is 1. The first-order valence-electron chi connectivity index (χ1n) is 6.86. The molecule has 0 saturated heterocycles. The number of carbonyl (C=O) groups excluding carboxylic acids is 3. The van der Waals surface area contributed by atoms with Crippen molar-refractivity contribution in [1.82, 2.24) is 0 Å². The Kier molecular flexibility index (Phi) is 5.49. The molecule has 0 spiro atoms. The number of halogens is 1. The predicted octanol–water partition coefficient (Wildman–Crippen LogP) is 2.04. The number of nitrogens with one attached hydrogen (secondary N) is 1. The van der Waals surface area contributed by atoms with Crippen LogP contribution in [-0.4, -0.2) is 17.7 Å². The van der Waals surface area contributed by atoms with Gasteiger partial charge in [0.15, 0.2) is 5.78 Å². The number of anilines is 1. The van der Waals surface area contributed by atoms with Crippen molar-refractivity contribution in [2.45, 2.75) is 12.8 Å². The van der Waals surface area contributed by atoms with Crippen molar-refractivity contribution in [3.63, 3.8) is 0 Å². The van der Waals surface area contributed by atoms with Crippen LogP contribution in [0.3, 0.4) is 0 Å². The standard InChI is InChI=1S/C17H14ClNO4/c18-12-6-7-14(19-15(20)8-9-16(21)22)13(10-12)17(23)11-4-2-1-3-5-11/h1-7,10H,8-9H2,(H,19,20)(H,21,22)/p-1. The number of carboxylic acids is 1. The Hall–Kier alpha value is -2.66. The zero-order chi connectivity index (χ0) is 16.8. The van der Waals surface area contributed by atoms with E-state index >= 15 is 0 Å². The van der Waals surface area contributed by atoms with Crippen LogP contribution in [0.4, 0.5) is 5.69 Å². The average molecular weight is 331 g/mol. The van der Waals surface area contributed by atoms with E-state index in [0.717, 1.165) is 0 Å². The minimum Gasteiger partial charge on any atom is -0.550 e. The van der Waals surface area contributed by atoms with Gasteiger partial charge in [-0.3, -0.25) is 9.59 Å². The molecular formula is C17H13ClNO4-. The highest BCUT2D eigenvalue weighted by Crippen LogP contribution is 2.24. The number of benzene rings is 2. The van der Waals surface area contributed by atoms with E-state index in [9.17, 15) is 19.5 Å². The topological polar surface area (TPSA) is 86.3 Å². The summed E-state index contributed by atoms with van der Waals surface area (Å²) in [6, 6.07) is 13.1. The van der Waals surface area contributed by atoms with Gasteiger partial charge in [0.1, 0.15) is 0 Å². The highest BCUT2D eigenvalue weighted by molar-refractivity contribution is 6.31. The van der Waals surface area contributed by atoms with E-state index in [1.807, 2.05) is 0 Å². The molecule has 0 fully saturated rings. The van der Waals surface area contributed by atoms with Crippen molar-refractivity contribution in [2.24, 2.45) is 0 Å². The number of aliphatic carboxylic acids is 1. The molecule has 118 valence electrons. The van der Waals surface area contributed by atoms with Gasteiger partial charge in [-0.25, -0.2) is 0 Å². The van der Waals surface area contributed by atoms with Gasteiger partial charge in [0.25, 0.3) is 0 Å². The molecule has 0 aliphatic heterocycles. The molecule has 0 heterocycles. The van der Waals surface area contributed by atoms with Crippen molar-refractivity contribution in [1.29, 1.82) is 0 Å². The fourth-order valence-electron chi connectivity index (χ4n) is 1.99. The quantitative estimate of drug-likeness (QED) is 0.821. The Balaban J connectivity index is 2.26. The third-order valence-corrected chi connectivity index (χ3v) is 3.33. The van der Waals surface area contributed by atoms with Crippen LogP contribution in [0.25, 0.3) is 0 Å². The number of hydrogen-bond donors (Lipinski definition) is 1. The molecule has 0 saturated carbocycles. The van der Waals surface area contributed by atoms with E-state index in [1.54, 1.807) is 30.3 Å². The molecular weight excluding hydrogens is 318 g/mol. The monoisotopic (exact) mass is 330 g/mol. The minimum absolute atomic E-state index is 0.232. The second-order valence-corrected chi connectivity index (χ2v) is 5.24. The molecule has 23 heavy (non-hydrogen) atoms. The second-order valence-electron chi connectivity index (χ2n) is 4.81. The van der Waals surface area contributed by atoms with E-state index < -0.39 is 11.9 Å². The maximum absolute atomic E-state index is 12.6. The lowest BCUT2D eigenvalue weighted by atomic mass is 10.0. The Morgan fingerprint density at radius 2 is 1.70 bits per heavy atom. The largest absolute Gasteiger partial charge is 0.550 e. The molecule has 0 bridgehead atoms. The number of carbonyl (C=O) groups is 3. The summed E-state index contributed by atoms with van der Waals surface area (Å²) in [6.45, 7) is 0. The fourth-order valence-corrected chi connectivity index (χ4v) is 2.16. The van der Waals surface area contributed by atoms with Crippen molar-refractivity contribution in [3.8, 4) is 0 Å². The normalized spacial score (nSPS) is 10.1. The third-order valence-electron chi connectivity index (χ3n) is 3.09. The lowest BCUT2D eigenvalue weighted by Gasteiger charge is -2.11. The Bertz CT molecular complexity index is 744. The second kappa shape index (κ2) is 7.56. The van der Waals surface area contributed by atoms with E-state index in [-0.39, 0.29) is 29.9 Å². The smallest absolute Gasteiger partial charge is 0.224 e. The van der Waals surface area contributed by atoms with Gasteiger partial charge in [-0.15, -0.1) is 0 Å². The molecule has 0 aliphatic carbocycles. The summed E-state index contributed by atoms with van der Waals surface area (Å²) in [5.41, 5.74) is 0.983. The molecule has 1 N–H and O–H groups in total. The Labute approximate surface area is 137 Å². The molecule has 0 radical (unpaired) electrons. The van der Waals surface area contributed by atoms with Crippen LogP contribution < -0.4 is 10.4 Å². The molecule has 2 aromatic carbocycles. The lowest BCUT2D eigenvalue weighted by Crippen LogP contribution is -2.24. The van der Waals surface area contributed by atoms with Gasteiger partial charge in [-0.2, -0.15) is 0 Å². The molecule has 0 aliphatic rings. The average Bonchev–Trinajstić information content (AvgIpc) is 2.54. The van der Waals surface area contributed by atoms with Crippen LogP contribution >= 0.6 is 11.6 Å². The summed E-state index contributed by atoms with van der Waals surface area (Å²) in [5, 5.41) is 13.3. The van der Waals surface area contributed by atoms with Crippen molar-refractivity contribution in [2.75, 3.05) is 5.32 Å². The summed E-state index contributed by atoms with van der Waals surface area (Å²) >= 11 is 5.94. The maximum atomic E-state index is 12.6. The molecule has 1 amide bonds. The van der Waals surface area contributed by atoms with Gasteiger partial charge >= 0.3 is 0 Å². The van der Waals surface area contributed by atoms with Gasteiger partial charge < -0.3 is 15.2 Å². The first-order valence-corrected chi connectivity index (χ1v) is 7.24. The van der Waals surface area contributed by atoms with E-state index in [4.69, 9.17) is 11.6 Å². The summed E-state index contributed by atoms with van der Waals surface area (Å²) in [7, 11) is 0. The van der Waals surface area contributed by atoms with Crippen LogP contribution in [0.5, 0.6) is 0 Å². The van der Waals surface area contributed by atoms with Gasteiger partial charge in [0, 0.05) is 28.5 Å². The molecule has 6 heteroatoms. The SMILES string of the molecule is O=C([O-])CCC(=O)Nc1ccc(Cl)cc1C(=O)c1ccccc1. The molecule has 5 nitrogen and oxygen atoms in total. The summed E-state index contributed by atoms with van der Waals surface area (Å²) in [5.74, 6) is -2.11. The molecule has 0 atom stereocenters. The Morgan fingerprint density at radius 3 is 2.35 bits per heavy atom. The summed E-state index contributed by atoms with van der Waals surface area (Å²) in [6.07, 6.45) is -0.620. The number of amides is 1. The number of ketones is 1. The zero-order valence-electron chi connectivity index (χ0n) is 12.0.